The van der Waals surface area contributed by atoms with Crippen LogP contribution in [0.4, 0.5) is 0 Å². The first kappa shape index (κ1) is 23.9. The van der Waals surface area contributed by atoms with Crippen molar-refractivity contribution >= 4 is 5.97 Å². The van der Waals surface area contributed by atoms with Gasteiger partial charge in [0.05, 0.1) is 0 Å². The summed E-state index contributed by atoms with van der Waals surface area (Å²) in [6.45, 7) is 3.37. The van der Waals surface area contributed by atoms with Crippen LogP contribution in [0.2, 0.25) is 0 Å². The fraction of sp³-hybridized carbons (Fsp3) is 0.500. The molecule has 0 heterocycles. The van der Waals surface area contributed by atoms with Crippen LogP contribution in [0.1, 0.15) is 83.6 Å². The topological polar surface area (TPSA) is 37.3 Å². The molecular weight excluding hydrogens is 344 g/mol. The number of benzene rings is 2. The Labute approximate surface area is 172 Å². The zero-order valence-corrected chi connectivity index (χ0v) is 17.8. The molecule has 0 aliphatic carbocycles. The largest absolute Gasteiger partial charge is 0.481 e. The van der Waals surface area contributed by atoms with Crippen molar-refractivity contribution in [1.82, 2.24) is 0 Å². The molecule has 0 unspecified atom stereocenters. The second-order valence-corrected chi connectivity index (χ2v) is 7.47. The maximum Gasteiger partial charge on any atom is 0.300 e. The van der Waals surface area contributed by atoms with Crippen LogP contribution in [0.5, 0.6) is 0 Å². The molecule has 0 aliphatic rings. The van der Waals surface area contributed by atoms with Crippen LogP contribution in [0.15, 0.2) is 54.6 Å². The highest BCUT2D eigenvalue weighted by molar-refractivity contribution is 5.67. The van der Waals surface area contributed by atoms with Crippen LogP contribution in [-0.2, 0) is 11.2 Å². The number of carbonyl (C=O) groups is 1. The molecule has 0 fully saturated rings. The lowest BCUT2D eigenvalue weighted by Gasteiger charge is -2.09. The van der Waals surface area contributed by atoms with E-state index in [1.54, 1.807) is 0 Å². The van der Waals surface area contributed by atoms with Crippen molar-refractivity contribution in [2.75, 3.05) is 0 Å². The molecule has 2 aromatic carbocycles. The van der Waals surface area contributed by atoms with Gasteiger partial charge < -0.3 is 5.11 Å². The summed E-state index contributed by atoms with van der Waals surface area (Å²) in [6.07, 6.45) is 15.3. The van der Waals surface area contributed by atoms with Gasteiger partial charge in [0.25, 0.3) is 5.97 Å². The molecule has 0 saturated heterocycles. The molecule has 0 aliphatic heterocycles. The fourth-order valence-electron chi connectivity index (χ4n) is 3.44. The smallest absolute Gasteiger partial charge is 0.300 e. The summed E-state index contributed by atoms with van der Waals surface area (Å²) in [5.41, 5.74) is 4.26. The summed E-state index contributed by atoms with van der Waals surface area (Å²) in [4.78, 5) is 9.00. The van der Waals surface area contributed by atoms with Crippen molar-refractivity contribution in [2.45, 2.75) is 84.5 Å². The number of rotatable bonds is 12. The Morgan fingerprint density at radius 3 is 1.75 bits per heavy atom. The van der Waals surface area contributed by atoms with Crippen molar-refractivity contribution in [3.8, 4) is 11.1 Å². The van der Waals surface area contributed by atoms with Crippen LogP contribution in [0, 0.1) is 0 Å². The zero-order valence-electron chi connectivity index (χ0n) is 17.8. The van der Waals surface area contributed by atoms with Crippen LogP contribution in [0.3, 0.4) is 0 Å². The second kappa shape index (κ2) is 15.9. The summed E-state index contributed by atoms with van der Waals surface area (Å²) in [5, 5.41) is 7.42. The molecule has 2 rings (SSSR count). The molecule has 1 N–H and O–H groups in total. The van der Waals surface area contributed by atoms with Crippen molar-refractivity contribution in [2.24, 2.45) is 0 Å². The first-order valence-electron chi connectivity index (χ1n) is 11.0. The Hall–Kier alpha value is -2.09. The highest BCUT2D eigenvalue weighted by atomic mass is 16.4. The predicted molar refractivity (Wildman–Crippen MR) is 121 cm³/mol. The van der Waals surface area contributed by atoms with Crippen LogP contribution in [0.25, 0.3) is 11.1 Å². The van der Waals surface area contributed by atoms with E-state index in [-0.39, 0.29) is 0 Å². The molecule has 154 valence electrons. The van der Waals surface area contributed by atoms with Gasteiger partial charge in [-0.2, -0.15) is 0 Å². The first-order valence-corrected chi connectivity index (χ1v) is 11.0. The number of hydrogen-bond acceptors (Lipinski definition) is 1. The minimum atomic E-state index is -0.833. The fourth-order valence-corrected chi connectivity index (χ4v) is 3.44. The highest BCUT2D eigenvalue weighted by Crippen LogP contribution is 2.25. The Balaban J connectivity index is 0.000000892. The van der Waals surface area contributed by atoms with Crippen molar-refractivity contribution in [3.05, 3.63) is 60.2 Å². The van der Waals surface area contributed by atoms with Crippen LogP contribution in [-0.4, -0.2) is 11.1 Å². The summed E-state index contributed by atoms with van der Waals surface area (Å²) in [5.74, 6) is -0.833. The van der Waals surface area contributed by atoms with Gasteiger partial charge in [-0.05, 0) is 29.5 Å². The quantitative estimate of drug-likeness (QED) is 0.379. The van der Waals surface area contributed by atoms with Gasteiger partial charge in [0.1, 0.15) is 0 Å². The molecule has 28 heavy (non-hydrogen) atoms. The maximum atomic E-state index is 9.00. The summed E-state index contributed by atoms with van der Waals surface area (Å²) in [7, 11) is 0. The SMILES string of the molecule is CC(=O)O.CCCCCCCCCCCCc1ccccc1-c1ccccc1. The van der Waals surface area contributed by atoms with E-state index in [9.17, 15) is 0 Å². The lowest BCUT2D eigenvalue weighted by atomic mass is 9.95. The lowest BCUT2D eigenvalue weighted by molar-refractivity contribution is -0.134. The molecule has 0 radical (unpaired) electrons. The standard InChI is InChI=1S/C24H34.C2H4O2/c1-2-3-4-5-6-7-8-9-10-12-17-23-20-15-16-21-24(23)22-18-13-11-14-19-22;1-2(3)4/h11,13-16,18-21H,2-10,12,17H2,1H3;1H3,(H,3,4). The summed E-state index contributed by atoms with van der Waals surface area (Å²) < 4.78 is 0. The number of unbranched alkanes of at least 4 members (excludes halogenated alkanes) is 9. The normalized spacial score (nSPS) is 10.2. The molecular formula is C26H38O2. The van der Waals surface area contributed by atoms with E-state index in [0.717, 1.165) is 6.92 Å². The Morgan fingerprint density at radius 2 is 1.18 bits per heavy atom. The highest BCUT2D eigenvalue weighted by Gasteiger charge is 2.03. The number of aliphatic carboxylic acids is 1. The number of aryl methyl sites for hydroxylation is 1. The lowest BCUT2D eigenvalue weighted by Crippen LogP contribution is -1.91. The molecule has 0 aromatic heterocycles. The molecule has 2 heteroatoms. The number of carboxylic acids is 1. The second-order valence-electron chi connectivity index (χ2n) is 7.47. The van der Waals surface area contributed by atoms with Crippen LogP contribution >= 0.6 is 0 Å². The Kier molecular flexibility index (Phi) is 13.6. The third-order valence-electron chi connectivity index (χ3n) is 4.90. The van der Waals surface area contributed by atoms with Gasteiger partial charge in [0.15, 0.2) is 0 Å². The van der Waals surface area contributed by atoms with E-state index < -0.39 is 5.97 Å². The Morgan fingerprint density at radius 1 is 0.714 bits per heavy atom. The van der Waals surface area contributed by atoms with Gasteiger partial charge >= 0.3 is 0 Å². The summed E-state index contributed by atoms with van der Waals surface area (Å²) in [6, 6.07) is 19.7. The molecule has 0 spiro atoms. The van der Waals surface area contributed by atoms with E-state index >= 15 is 0 Å². The molecule has 0 amide bonds. The van der Waals surface area contributed by atoms with Gasteiger partial charge in [-0.25, -0.2) is 0 Å². The van der Waals surface area contributed by atoms with E-state index in [4.69, 9.17) is 9.90 Å². The van der Waals surface area contributed by atoms with Crippen molar-refractivity contribution in [1.29, 1.82) is 0 Å². The predicted octanol–water partition coefficient (Wildman–Crippen LogP) is 7.91. The van der Waals surface area contributed by atoms with Gasteiger partial charge in [-0.15, -0.1) is 0 Å². The first-order chi connectivity index (χ1) is 13.6. The number of carboxylic acid groups (broad SMARTS) is 1. The van der Waals surface area contributed by atoms with Crippen LogP contribution < -0.4 is 0 Å². The molecule has 2 nitrogen and oxygen atoms in total. The third kappa shape index (κ3) is 11.6. The zero-order chi connectivity index (χ0) is 20.5. The third-order valence-corrected chi connectivity index (χ3v) is 4.90. The molecule has 0 saturated carbocycles. The van der Waals surface area contributed by atoms with Gasteiger partial charge in [0.2, 0.25) is 0 Å². The summed E-state index contributed by atoms with van der Waals surface area (Å²) >= 11 is 0. The molecule has 0 atom stereocenters. The average Bonchev–Trinajstić information content (AvgIpc) is 2.70. The van der Waals surface area contributed by atoms with E-state index in [1.165, 1.54) is 87.3 Å². The molecule has 2 aromatic rings. The molecule has 0 bridgehead atoms. The monoisotopic (exact) mass is 382 g/mol. The van der Waals surface area contributed by atoms with E-state index in [0.29, 0.717) is 0 Å². The van der Waals surface area contributed by atoms with Gasteiger partial charge in [0, 0.05) is 6.92 Å². The van der Waals surface area contributed by atoms with E-state index in [2.05, 4.69) is 61.5 Å². The van der Waals surface area contributed by atoms with Gasteiger partial charge in [-0.3, -0.25) is 4.79 Å². The number of hydrogen-bond donors (Lipinski definition) is 1. The van der Waals surface area contributed by atoms with E-state index in [1.807, 2.05) is 0 Å². The average molecular weight is 383 g/mol. The maximum absolute atomic E-state index is 9.00. The Bertz CT molecular complexity index is 630. The van der Waals surface area contributed by atoms with Gasteiger partial charge in [-0.1, -0.05) is 119 Å². The minimum Gasteiger partial charge on any atom is -0.481 e. The van der Waals surface area contributed by atoms with Crippen molar-refractivity contribution < 1.29 is 9.90 Å². The minimum absolute atomic E-state index is 0.833. The van der Waals surface area contributed by atoms with Crippen molar-refractivity contribution in [3.63, 3.8) is 0 Å².